The fourth-order valence-electron chi connectivity index (χ4n) is 4.29. The van der Waals surface area contributed by atoms with Crippen molar-refractivity contribution in [3.63, 3.8) is 0 Å². The molecular formula is C28H29N3O4. The van der Waals surface area contributed by atoms with Crippen molar-refractivity contribution in [1.29, 1.82) is 0 Å². The van der Waals surface area contributed by atoms with Gasteiger partial charge in [-0.15, -0.1) is 0 Å². The molecule has 1 aliphatic heterocycles. The minimum absolute atomic E-state index is 0.00867. The van der Waals surface area contributed by atoms with Gasteiger partial charge in [-0.3, -0.25) is 9.59 Å². The normalized spacial score (nSPS) is 18.0. The SMILES string of the molecule is C[C@@H](/C=C/CCO)[C@]1(O)C(=O)N(Cc2ccc(NC(=O)c3ccc(N)cc3)cc2)c2ccccc21. The summed E-state index contributed by atoms with van der Waals surface area (Å²) in [7, 11) is 0. The van der Waals surface area contributed by atoms with E-state index in [9.17, 15) is 14.7 Å². The quantitative estimate of drug-likeness (QED) is 0.294. The lowest BCUT2D eigenvalue weighted by Gasteiger charge is -2.27. The molecule has 0 fully saturated rings. The van der Waals surface area contributed by atoms with E-state index >= 15 is 0 Å². The van der Waals surface area contributed by atoms with Gasteiger partial charge in [-0.1, -0.05) is 49.4 Å². The highest BCUT2D eigenvalue weighted by Crippen LogP contribution is 2.45. The molecule has 0 saturated heterocycles. The van der Waals surface area contributed by atoms with Crippen LogP contribution in [-0.2, 0) is 16.9 Å². The standard InChI is InChI=1S/C28H29N3O4/c1-19(6-4-5-17-32)28(35)24-7-2-3-8-25(24)31(27(28)34)18-20-9-15-23(16-10-20)30-26(33)21-11-13-22(29)14-12-21/h2-4,6-16,19,32,35H,5,17-18,29H2,1H3,(H,30,33)/b6-4+/t19-,28+/m0/s1. The van der Waals surface area contributed by atoms with E-state index in [1.807, 2.05) is 30.3 Å². The first-order chi connectivity index (χ1) is 16.8. The largest absolute Gasteiger partial charge is 0.399 e. The molecule has 180 valence electrons. The van der Waals surface area contributed by atoms with Gasteiger partial charge in [-0.2, -0.15) is 0 Å². The van der Waals surface area contributed by atoms with Gasteiger partial charge < -0.3 is 26.2 Å². The Morgan fingerprint density at radius 2 is 1.77 bits per heavy atom. The first-order valence-electron chi connectivity index (χ1n) is 11.5. The summed E-state index contributed by atoms with van der Waals surface area (Å²) in [6, 6.07) is 21.2. The smallest absolute Gasteiger partial charge is 0.264 e. The average Bonchev–Trinajstić information content (AvgIpc) is 3.08. The van der Waals surface area contributed by atoms with Crippen LogP contribution in [0.25, 0.3) is 0 Å². The van der Waals surface area contributed by atoms with E-state index in [0.717, 1.165) is 5.56 Å². The number of hydrogen-bond donors (Lipinski definition) is 4. The summed E-state index contributed by atoms with van der Waals surface area (Å²) in [6.07, 6.45) is 4.01. The van der Waals surface area contributed by atoms with Crippen LogP contribution in [0.3, 0.4) is 0 Å². The topological polar surface area (TPSA) is 116 Å². The van der Waals surface area contributed by atoms with E-state index < -0.39 is 11.5 Å². The van der Waals surface area contributed by atoms with E-state index in [4.69, 9.17) is 10.8 Å². The van der Waals surface area contributed by atoms with E-state index in [1.165, 1.54) is 0 Å². The Kier molecular flexibility index (Phi) is 7.00. The van der Waals surface area contributed by atoms with Crippen LogP contribution < -0.4 is 16.0 Å². The third-order valence-corrected chi connectivity index (χ3v) is 6.28. The number of rotatable bonds is 8. The minimum Gasteiger partial charge on any atom is -0.399 e. The maximum atomic E-state index is 13.5. The molecule has 0 saturated carbocycles. The lowest BCUT2D eigenvalue weighted by atomic mass is 9.83. The summed E-state index contributed by atoms with van der Waals surface area (Å²) in [5.74, 6) is -1.10. The number of nitrogens with one attached hydrogen (secondary N) is 1. The van der Waals surface area contributed by atoms with Crippen LogP contribution in [0.2, 0.25) is 0 Å². The molecule has 2 atom stereocenters. The molecule has 5 N–H and O–H groups in total. The van der Waals surface area contributed by atoms with Gasteiger partial charge in [0.25, 0.3) is 11.8 Å². The van der Waals surface area contributed by atoms with Gasteiger partial charge in [0, 0.05) is 35.0 Å². The van der Waals surface area contributed by atoms with Crippen LogP contribution in [-0.4, -0.2) is 28.6 Å². The van der Waals surface area contributed by atoms with E-state index in [0.29, 0.717) is 34.6 Å². The Morgan fingerprint density at radius 3 is 2.46 bits per heavy atom. The van der Waals surface area contributed by atoms with Gasteiger partial charge in [0.2, 0.25) is 0 Å². The molecule has 0 unspecified atom stereocenters. The van der Waals surface area contributed by atoms with Gasteiger partial charge >= 0.3 is 0 Å². The number of nitrogen functional groups attached to an aromatic ring is 1. The molecule has 0 aromatic heterocycles. The second kappa shape index (κ2) is 10.1. The zero-order valence-electron chi connectivity index (χ0n) is 19.5. The fraction of sp³-hybridized carbons (Fsp3) is 0.214. The number of nitrogens with zero attached hydrogens (tertiary/aromatic N) is 1. The van der Waals surface area contributed by atoms with Crippen molar-refractivity contribution in [2.75, 3.05) is 22.6 Å². The van der Waals surface area contributed by atoms with Crippen LogP contribution in [0.4, 0.5) is 17.1 Å². The zero-order chi connectivity index (χ0) is 25.0. The van der Waals surface area contributed by atoms with Crippen LogP contribution in [0.15, 0.2) is 84.9 Å². The molecule has 3 aromatic carbocycles. The van der Waals surface area contributed by atoms with Gasteiger partial charge in [-0.25, -0.2) is 0 Å². The van der Waals surface area contributed by atoms with E-state index in [1.54, 1.807) is 66.4 Å². The Bertz CT molecular complexity index is 1240. The van der Waals surface area contributed by atoms with Gasteiger partial charge in [0.1, 0.15) is 0 Å². The van der Waals surface area contributed by atoms with Crippen molar-refractivity contribution in [1.82, 2.24) is 0 Å². The summed E-state index contributed by atoms with van der Waals surface area (Å²) >= 11 is 0. The summed E-state index contributed by atoms with van der Waals surface area (Å²) in [5.41, 5.74) is 7.80. The molecular weight excluding hydrogens is 442 g/mol. The highest BCUT2D eigenvalue weighted by Gasteiger charge is 2.52. The molecule has 7 nitrogen and oxygen atoms in total. The van der Waals surface area contributed by atoms with Gasteiger partial charge in [0.15, 0.2) is 5.60 Å². The van der Waals surface area contributed by atoms with Crippen molar-refractivity contribution in [2.24, 2.45) is 5.92 Å². The number of nitrogens with two attached hydrogens (primary N) is 1. The van der Waals surface area contributed by atoms with Crippen LogP contribution in [0.5, 0.6) is 0 Å². The molecule has 0 spiro atoms. The molecule has 35 heavy (non-hydrogen) atoms. The second-order valence-electron chi connectivity index (χ2n) is 8.68. The second-order valence-corrected chi connectivity index (χ2v) is 8.68. The fourth-order valence-corrected chi connectivity index (χ4v) is 4.29. The Balaban J connectivity index is 1.51. The predicted molar refractivity (Wildman–Crippen MR) is 137 cm³/mol. The van der Waals surface area contributed by atoms with Crippen LogP contribution >= 0.6 is 0 Å². The summed E-state index contributed by atoms with van der Waals surface area (Å²) < 4.78 is 0. The Morgan fingerprint density at radius 1 is 1.09 bits per heavy atom. The molecule has 4 rings (SSSR count). The number of para-hydroxylation sites is 1. The number of aliphatic hydroxyl groups is 2. The number of aliphatic hydroxyl groups excluding tert-OH is 1. The molecule has 1 heterocycles. The minimum atomic E-state index is -1.68. The first kappa shape index (κ1) is 24.2. The first-order valence-corrected chi connectivity index (χ1v) is 11.5. The highest BCUT2D eigenvalue weighted by atomic mass is 16.3. The molecule has 0 bridgehead atoms. The Labute approximate surface area is 204 Å². The van der Waals surface area contributed by atoms with Crippen molar-refractivity contribution < 1.29 is 19.8 Å². The van der Waals surface area contributed by atoms with Gasteiger partial charge in [-0.05, 0) is 54.4 Å². The lowest BCUT2D eigenvalue weighted by Crippen LogP contribution is -2.44. The number of amides is 2. The lowest BCUT2D eigenvalue weighted by molar-refractivity contribution is -0.139. The van der Waals surface area contributed by atoms with E-state index in [-0.39, 0.29) is 25.0 Å². The highest BCUT2D eigenvalue weighted by molar-refractivity contribution is 6.07. The number of carbonyl (C=O) groups is 2. The van der Waals surface area contributed by atoms with E-state index in [2.05, 4.69) is 5.32 Å². The summed E-state index contributed by atoms with van der Waals surface area (Å²) in [5, 5.41) is 23.4. The third kappa shape index (κ3) is 4.82. The molecule has 0 aliphatic carbocycles. The molecule has 3 aromatic rings. The maximum absolute atomic E-state index is 13.5. The zero-order valence-corrected chi connectivity index (χ0v) is 19.5. The van der Waals surface area contributed by atoms with Gasteiger partial charge in [0.05, 0.1) is 12.2 Å². The Hall–Kier alpha value is -3.94. The predicted octanol–water partition coefficient (Wildman–Crippen LogP) is 3.83. The van der Waals surface area contributed by atoms with Crippen LogP contribution in [0, 0.1) is 5.92 Å². The molecule has 0 radical (unpaired) electrons. The van der Waals surface area contributed by atoms with Crippen molar-refractivity contribution in [2.45, 2.75) is 25.5 Å². The third-order valence-electron chi connectivity index (χ3n) is 6.28. The van der Waals surface area contributed by atoms with Crippen molar-refractivity contribution in [3.8, 4) is 0 Å². The summed E-state index contributed by atoms with van der Waals surface area (Å²) in [4.78, 5) is 27.5. The number of fused-ring (bicyclic) bond motifs is 1. The molecule has 1 aliphatic rings. The van der Waals surface area contributed by atoms with Crippen LogP contribution in [0.1, 0.15) is 34.8 Å². The monoisotopic (exact) mass is 471 g/mol. The number of hydrogen-bond acceptors (Lipinski definition) is 5. The number of anilines is 3. The average molecular weight is 472 g/mol. The molecule has 7 heteroatoms. The number of carbonyl (C=O) groups excluding carboxylic acids is 2. The van der Waals surface area contributed by atoms with Crippen molar-refractivity contribution in [3.05, 3.63) is 102 Å². The number of benzene rings is 3. The van der Waals surface area contributed by atoms with Crippen molar-refractivity contribution >= 4 is 28.9 Å². The molecule has 2 amide bonds. The maximum Gasteiger partial charge on any atom is 0.264 e. The summed E-state index contributed by atoms with van der Waals surface area (Å²) in [6.45, 7) is 2.08.